The van der Waals surface area contributed by atoms with Gasteiger partial charge in [-0.15, -0.1) is 0 Å². The SMILES string of the molecule is NCCOC(Cl)c1ccccc1. The Morgan fingerprint density at radius 3 is 2.58 bits per heavy atom. The highest BCUT2D eigenvalue weighted by molar-refractivity contribution is 6.19. The molecule has 2 N–H and O–H groups in total. The quantitative estimate of drug-likeness (QED) is 0.728. The molecular formula is C9H12ClNO. The van der Waals surface area contributed by atoms with E-state index in [2.05, 4.69) is 0 Å². The molecule has 0 aromatic heterocycles. The second kappa shape index (κ2) is 5.14. The van der Waals surface area contributed by atoms with Crippen molar-refractivity contribution in [2.24, 2.45) is 5.73 Å². The molecular weight excluding hydrogens is 174 g/mol. The summed E-state index contributed by atoms with van der Waals surface area (Å²) in [5, 5.41) is 0. The fraction of sp³-hybridized carbons (Fsp3) is 0.333. The monoisotopic (exact) mass is 185 g/mol. The number of rotatable bonds is 4. The summed E-state index contributed by atoms with van der Waals surface area (Å²) in [6.45, 7) is 0.985. The van der Waals surface area contributed by atoms with Crippen molar-refractivity contribution in [3.8, 4) is 0 Å². The second-order valence-electron chi connectivity index (χ2n) is 2.39. The molecule has 12 heavy (non-hydrogen) atoms. The number of hydrogen-bond acceptors (Lipinski definition) is 2. The summed E-state index contributed by atoms with van der Waals surface area (Å²) < 4.78 is 5.22. The van der Waals surface area contributed by atoms with Crippen molar-refractivity contribution in [1.82, 2.24) is 0 Å². The Morgan fingerprint density at radius 2 is 2.00 bits per heavy atom. The topological polar surface area (TPSA) is 35.2 Å². The molecule has 0 fully saturated rings. The van der Waals surface area contributed by atoms with Gasteiger partial charge >= 0.3 is 0 Å². The number of ether oxygens (including phenoxy) is 1. The Kier molecular flexibility index (Phi) is 4.08. The minimum Gasteiger partial charge on any atom is -0.357 e. The molecule has 0 bridgehead atoms. The molecule has 1 atom stereocenters. The van der Waals surface area contributed by atoms with E-state index in [4.69, 9.17) is 22.1 Å². The van der Waals surface area contributed by atoms with Gasteiger partial charge in [0.05, 0.1) is 6.61 Å². The first-order valence-electron chi connectivity index (χ1n) is 3.85. The van der Waals surface area contributed by atoms with Crippen LogP contribution in [0.3, 0.4) is 0 Å². The molecule has 1 rings (SSSR count). The lowest BCUT2D eigenvalue weighted by atomic mass is 10.2. The van der Waals surface area contributed by atoms with Crippen molar-refractivity contribution in [3.63, 3.8) is 0 Å². The van der Waals surface area contributed by atoms with Crippen LogP contribution in [0.1, 0.15) is 11.1 Å². The van der Waals surface area contributed by atoms with Gasteiger partial charge in [0.2, 0.25) is 0 Å². The van der Waals surface area contributed by atoms with Gasteiger partial charge in [-0.1, -0.05) is 41.9 Å². The third kappa shape index (κ3) is 2.81. The van der Waals surface area contributed by atoms with E-state index in [9.17, 15) is 0 Å². The van der Waals surface area contributed by atoms with E-state index in [1.165, 1.54) is 0 Å². The predicted molar refractivity (Wildman–Crippen MR) is 50.0 cm³/mol. The van der Waals surface area contributed by atoms with Gasteiger partial charge in [0, 0.05) is 6.54 Å². The number of nitrogens with two attached hydrogens (primary N) is 1. The fourth-order valence-electron chi connectivity index (χ4n) is 0.872. The first-order chi connectivity index (χ1) is 5.84. The largest absolute Gasteiger partial charge is 0.357 e. The number of benzene rings is 1. The van der Waals surface area contributed by atoms with Crippen LogP contribution in [0, 0.1) is 0 Å². The Morgan fingerprint density at radius 1 is 1.33 bits per heavy atom. The van der Waals surface area contributed by atoms with Crippen molar-refractivity contribution >= 4 is 11.6 Å². The summed E-state index contributed by atoms with van der Waals surface area (Å²) in [6.07, 6.45) is 0. The van der Waals surface area contributed by atoms with E-state index >= 15 is 0 Å². The lowest BCUT2D eigenvalue weighted by Crippen LogP contribution is -2.09. The van der Waals surface area contributed by atoms with E-state index in [0.29, 0.717) is 13.2 Å². The number of halogens is 1. The van der Waals surface area contributed by atoms with Crippen LogP contribution in [0.4, 0.5) is 0 Å². The number of alkyl halides is 1. The summed E-state index contributed by atoms with van der Waals surface area (Å²) in [4.78, 5) is 0. The van der Waals surface area contributed by atoms with Crippen molar-refractivity contribution in [3.05, 3.63) is 35.9 Å². The lowest BCUT2D eigenvalue weighted by molar-refractivity contribution is 0.115. The zero-order chi connectivity index (χ0) is 8.81. The molecule has 0 saturated heterocycles. The molecule has 1 aromatic rings. The molecule has 0 aliphatic heterocycles. The molecule has 0 radical (unpaired) electrons. The van der Waals surface area contributed by atoms with Crippen LogP contribution in [0.25, 0.3) is 0 Å². The third-order valence-electron chi connectivity index (χ3n) is 1.44. The normalized spacial score (nSPS) is 12.8. The van der Waals surface area contributed by atoms with Gasteiger partial charge in [-0.05, 0) is 5.56 Å². The van der Waals surface area contributed by atoms with Gasteiger partial charge in [-0.2, -0.15) is 0 Å². The van der Waals surface area contributed by atoms with Gasteiger partial charge in [0.15, 0.2) is 5.56 Å². The summed E-state index contributed by atoms with van der Waals surface area (Å²) in [5.41, 5.74) is 5.86. The van der Waals surface area contributed by atoms with Crippen molar-refractivity contribution in [2.45, 2.75) is 5.56 Å². The second-order valence-corrected chi connectivity index (χ2v) is 2.78. The Bertz CT molecular complexity index is 215. The first kappa shape index (κ1) is 9.52. The Balaban J connectivity index is 2.48. The maximum Gasteiger partial charge on any atom is 0.156 e. The van der Waals surface area contributed by atoms with Crippen LogP contribution in [0.15, 0.2) is 30.3 Å². The highest BCUT2D eigenvalue weighted by Gasteiger charge is 2.05. The van der Waals surface area contributed by atoms with Crippen molar-refractivity contribution < 1.29 is 4.74 Å². The molecule has 0 aliphatic rings. The van der Waals surface area contributed by atoms with E-state index in [1.54, 1.807) is 0 Å². The summed E-state index contributed by atoms with van der Waals surface area (Å²) in [7, 11) is 0. The highest BCUT2D eigenvalue weighted by Crippen LogP contribution is 2.20. The minimum absolute atomic E-state index is 0.380. The molecule has 2 nitrogen and oxygen atoms in total. The van der Waals surface area contributed by atoms with Gasteiger partial charge in [0.25, 0.3) is 0 Å². The molecule has 0 spiro atoms. The van der Waals surface area contributed by atoms with Crippen LogP contribution in [-0.4, -0.2) is 13.2 Å². The maximum atomic E-state index is 5.91. The van der Waals surface area contributed by atoms with Gasteiger partial charge in [-0.3, -0.25) is 0 Å². The lowest BCUT2D eigenvalue weighted by Gasteiger charge is -2.09. The highest BCUT2D eigenvalue weighted by atomic mass is 35.5. The van der Waals surface area contributed by atoms with Crippen LogP contribution >= 0.6 is 11.6 Å². The maximum absolute atomic E-state index is 5.91. The molecule has 3 heteroatoms. The van der Waals surface area contributed by atoms with E-state index < -0.39 is 0 Å². The van der Waals surface area contributed by atoms with Crippen LogP contribution < -0.4 is 5.73 Å². The summed E-state index contributed by atoms with van der Waals surface area (Å²) in [6, 6.07) is 9.64. The zero-order valence-corrected chi connectivity index (χ0v) is 7.50. The first-order valence-corrected chi connectivity index (χ1v) is 4.29. The molecule has 0 aliphatic carbocycles. The predicted octanol–water partition coefficient (Wildman–Crippen LogP) is 1.90. The van der Waals surface area contributed by atoms with Crippen LogP contribution in [-0.2, 0) is 4.74 Å². The molecule has 1 aromatic carbocycles. The van der Waals surface area contributed by atoms with E-state index in [-0.39, 0.29) is 5.56 Å². The molecule has 0 saturated carbocycles. The van der Waals surface area contributed by atoms with Crippen LogP contribution in [0.2, 0.25) is 0 Å². The summed E-state index contributed by atoms with van der Waals surface area (Å²) >= 11 is 5.91. The van der Waals surface area contributed by atoms with Gasteiger partial charge in [-0.25, -0.2) is 0 Å². The Hall–Kier alpha value is -0.570. The zero-order valence-electron chi connectivity index (χ0n) is 6.74. The third-order valence-corrected chi connectivity index (χ3v) is 1.82. The average Bonchev–Trinajstić information content (AvgIpc) is 2.15. The smallest absolute Gasteiger partial charge is 0.156 e. The number of hydrogen-bond donors (Lipinski definition) is 1. The minimum atomic E-state index is -0.380. The van der Waals surface area contributed by atoms with Gasteiger partial charge < -0.3 is 10.5 Å². The standard InChI is InChI=1S/C9H12ClNO/c10-9(12-7-6-11)8-4-2-1-3-5-8/h1-5,9H,6-7,11H2. The van der Waals surface area contributed by atoms with E-state index in [1.807, 2.05) is 30.3 Å². The van der Waals surface area contributed by atoms with Gasteiger partial charge in [0.1, 0.15) is 0 Å². The molecule has 1 unspecified atom stereocenters. The Labute approximate surface area is 77.3 Å². The average molecular weight is 186 g/mol. The molecule has 0 amide bonds. The van der Waals surface area contributed by atoms with Crippen molar-refractivity contribution in [1.29, 1.82) is 0 Å². The molecule has 0 heterocycles. The van der Waals surface area contributed by atoms with Crippen molar-refractivity contribution in [2.75, 3.05) is 13.2 Å². The summed E-state index contributed by atoms with van der Waals surface area (Å²) in [5.74, 6) is 0. The van der Waals surface area contributed by atoms with E-state index in [0.717, 1.165) is 5.56 Å². The molecule has 66 valence electrons. The van der Waals surface area contributed by atoms with Crippen LogP contribution in [0.5, 0.6) is 0 Å². The fourth-order valence-corrected chi connectivity index (χ4v) is 1.11.